The summed E-state index contributed by atoms with van der Waals surface area (Å²) < 4.78 is 22.7. The summed E-state index contributed by atoms with van der Waals surface area (Å²) in [6.45, 7) is 6.18. The lowest BCUT2D eigenvalue weighted by Crippen LogP contribution is -2.37. The van der Waals surface area contributed by atoms with Gasteiger partial charge in [0.1, 0.15) is 19.0 Å². The maximum atomic E-state index is 11.8. The van der Waals surface area contributed by atoms with Gasteiger partial charge >= 0.3 is 7.12 Å². The lowest BCUT2D eigenvalue weighted by molar-refractivity contribution is -0.128. The third kappa shape index (κ3) is 6.91. The third-order valence-electron chi connectivity index (χ3n) is 7.21. The molecule has 2 aromatic carbocycles. The minimum atomic E-state index is -1.03. The van der Waals surface area contributed by atoms with E-state index in [2.05, 4.69) is 18.0 Å². The summed E-state index contributed by atoms with van der Waals surface area (Å²) in [5.41, 5.74) is 5.65. The smallest absolute Gasteiger partial charge is 0.494 e. The highest BCUT2D eigenvalue weighted by Crippen LogP contribution is 2.30. The van der Waals surface area contributed by atoms with Crippen LogP contribution in [-0.2, 0) is 20.7 Å². The van der Waals surface area contributed by atoms with Crippen molar-refractivity contribution < 1.29 is 33.8 Å². The summed E-state index contributed by atoms with van der Waals surface area (Å²) in [6, 6.07) is 17.0. The van der Waals surface area contributed by atoms with Gasteiger partial charge in [-0.2, -0.15) is 0 Å². The molecule has 1 fully saturated rings. The number of aliphatic hydroxyl groups excluding tert-OH is 2. The van der Waals surface area contributed by atoms with E-state index in [1.54, 1.807) is 31.3 Å². The van der Waals surface area contributed by atoms with Gasteiger partial charge < -0.3 is 38.8 Å². The molecular weight excluding hydrogens is 537 g/mol. The molecule has 2 N–H and O–H groups in total. The minimum Gasteiger partial charge on any atom is -0.494 e. The summed E-state index contributed by atoms with van der Waals surface area (Å²) >= 11 is 0. The van der Waals surface area contributed by atoms with E-state index >= 15 is 0 Å². The zero-order valence-corrected chi connectivity index (χ0v) is 23.9. The largest absolute Gasteiger partial charge is 0.636 e. The van der Waals surface area contributed by atoms with Crippen molar-refractivity contribution in [1.29, 1.82) is 0 Å². The van der Waals surface area contributed by atoms with Crippen LogP contribution in [0.15, 0.2) is 78.9 Å². The Labute approximate surface area is 245 Å². The molecule has 0 atom stereocenters. The Hall–Kier alpha value is -4.80. The van der Waals surface area contributed by atoms with Crippen LogP contribution in [0.3, 0.4) is 0 Å². The van der Waals surface area contributed by atoms with Gasteiger partial charge in [-0.05, 0) is 55.2 Å². The Kier molecular flexibility index (Phi) is 8.75. The van der Waals surface area contributed by atoms with Crippen LogP contribution in [-0.4, -0.2) is 64.8 Å². The molecule has 1 aromatic heterocycles. The van der Waals surface area contributed by atoms with Gasteiger partial charge in [-0.15, -0.1) is 0 Å². The van der Waals surface area contributed by atoms with E-state index in [4.69, 9.17) is 18.8 Å². The van der Waals surface area contributed by atoms with Crippen LogP contribution in [0.5, 0.6) is 11.6 Å². The predicted molar refractivity (Wildman–Crippen MR) is 158 cm³/mol. The standard InChI is InChI=1S/C31H34BN3O7/c1-21-23(20-40-25-11-9-24(10-12-25)32-41-30(37)18-34(3)19-31(38)42-32)6-4-7-26(21)27-13-14-28(33-22(27)2)39-17-16-35-15-5-8-29(35)36/h4,6-7,9-14,18-19,37-38H,5,8,15-17,20H2,1-3H3/b30-18-,31-19?. The highest BCUT2D eigenvalue weighted by atomic mass is 16.7. The van der Waals surface area contributed by atoms with E-state index in [1.807, 2.05) is 36.1 Å². The molecule has 0 radical (unpaired) electrons. The van der Waals surface area contributed by atoms with Crippen LogP contribution < -0.4 is 14.9 Å². The summed E-state index contributed by atoms with van der Waals surface area (Å²) in [5, 5.41) is 19.9. The molecule has 218 valence electrons. The van der Waals surface area contributed by atoms with Gasteiger partial charge in [0.25, 0.3) is 11.9 Å². The molecule has 3 heterocycles. The SMILES string of the molecule is Cc1nc(OCCN2CCCC2=O)ccc1-c1cccc(COc2ccc(B3OC(O)=CN(C)/C=C(/O)O3)cc2)c1C. The number of ether oxygens (including phenoxy) is 2. The molecule has 42 heavy (non-hydrogen) atoms. The average Bonchev–Trinajstić information content (AvgIpc) is 3.36. The number of benzene rings is 2. The first-order valence-electron chi connectivity index (χ1n) is 13.8. The predicted octanol–water partition coefficient (Wildman–Crippen LogP) is 4.33. The first-order valence-corrected chi connectivity index (χ1v) is 13.8. The fraction of sp³-hybridized carbons (Fsp3) is 0.290. The molecule has 1 saturated heterocycles. The average molecular weight is 571 g/mol. The number of hydrogen-bond acceptors (Lipinski definition) is 9. The Balaban J connectivity index is 1.21. The van der Waals surface area contributed by atoms with Gasteiger partial charge in [0, 0.05) is 42.8 Å². The molecule has 11 heteroatoms. The van der Waals surface area contributed by atoms with Gasteiger partial charge in [0.2, 0.25) is 11.8 Å². The van der Waals surface area contributed by atoms with E-state index in [-0.39, 0.29) is 17.8 Å². The number of aryl methyl sites for hydroxylation is 1. The fourth-order valence-electron chi connectivity index (χ4n) is 4.94. The number of carbonyl (C=O) groups is 1. The van der Waals surface area contributed by atoms with Gasteiger partial charge in [0.15, 0.2) is 0 Å². The van der Waals surface area contributed by atoms with Crippen molar-refractivity contribution in [3.63, 3.8) is 0 Å². The van der Waals surface area contributed by atoms with E-state index in [0.717, 1.165) is 40.9 Å². The maximum absolute atomic E-state index is 11.8. The molecule has 3 aromatic rings. The fourth-order valence-corrected chi connectivity index (χ4v) is 4.94. The van der Waals surface area contributed by atoms with Gasteiger partial charge in [-0.3, -0.25) is 4.79 Å². The summed E-state index contributed by atoms with van der Waals surface area (Å²) in [6.07, 6.45) is 4.18. The second-order valence-corrected chi connectivity index (χ2v) is 10.2. The topological polar surface area (TPSA) is 114 Å². The van der Waals surface area contributed by atoms with Crippen molar-refractivity contribution in [3.8, 4) is 22.8 Å². The Morgan fingerprint density at radius 1 is 0.952 bits per heavy atom. The number of amides is 1. The third-order valence-corrected chi connectivity index (χ3v) is 7.21. The maximum Gasteiger partial charge on any atom is 0.636 e. The Bertz CT molecular complexity index is 1470. The van der Waals surface area contributed by atoms with E-state index in [0.29, 0.717) is 43.3 Å². The molecule has 1 amide bonds. The van der Waals surface area contributed by atoms with Gasteiger partial charge in [-0.25, -0.2) is 4.98 Å². The van der Waals surface area contributed by atoms with Crippen molar-refractivity contribution in [2.75, 3.05) is 26.7 Å². The first-order chi connectivity index (χ1) is 20.3. The van der Waals surface area contributed by atoms with Crippen LogP contribution >= 0.6 is 0 Å². The number of hydrogen-bond donors (Lipinski definition) is 2. The van der Waals surface area contributed by atoms with Crippen LogP contribution in [0.25, 0.3) is 11.1 Å². The van der Waals surface area contributed by atoms with Crippen LogP contribution in [0, 0.1) is 13.8 Å². The molecule has 0 spiro atoms. The quantitative estimate of drug-likeness (QED) is 0.362. The normalized spacial score (nSPS) is 16.5. The number of likely N-dealkylation sites (tertiary alicyclic amines) is 1. The molecule has 2 aliphatic heterocycles. The Morgan fingerprint density at radius 2 is 1.69 bits per heavy atom. The lowest BCUT2D eigenvalue weighted by atomic mass is 9.79. The van der Waals surface area contributed by atoms with Crippen molar-refractivity contribution >= 4 is 18.5 Å². The molecular formula is C31H34BN3O7. The molecule has 0 aliphatic carbocycles. The van der Waals surface area contributed by atoms with Crippen molar-refractivity contribution in [3.05, 3.63) is 95.7 Å². The van der Waals surface area contributed by atoms with E-state index in [1.165, 1.54) is 17.3 Å². The second-order valence-electron chi connectivity index (χ2n) is 10.2. The van der Waals surface area contributed by atoms with Crippen LogP contribution in [0.2, 0.25) is 0 Å². The van der Waals surface area contributed by atoms with Gasteiger partial charge in [-0.1, -0.05) is 30.3 Å². The number of nitrogens with zero attached hydrogens (tertiary/aromatic N) is 3. The van der Waals surface area contributed by atoms with E-state index < -0.39 is 7.12 Å². The van der Waals surface area contributed by atoms with Gasteiger partial charge in [0.05, 0.1) is 18.9 Å². The molecule has 5 rings (SSSR count). The highest BCUT2D eigenvalue weighted by Gasteiger charge is 2.29. The number of aromatic nitrogens is 1. The second kappa shape index (κ2) is 12.8. The molecule has 2 aliphatic rings. The highest BCUT2D eigenvalue weighted by molar-refractivity contribution is 6.61. The van der Waals surface area contributed by atoms with Crippen LogP contribution in [0.1, 0.15) is 29.7 Å². The van der Waals surface area contributed by atoms with Crippen molar-refractivity contribution in [2.45, 2.75) is 33.3 Å². The molecule has 0 bridgehead atoms. The monoisotopic (exact) mass is 571 g/mol. The number of aliphatic hydroxyl groups is 2. The molecule has 0 saturated carbocycles. The number of carbonyl (C=O) groups excluding carboxylic acids is 1. The summed E-state index contributed by atoms with van der Waals surface area (Å²) in [7, 11) is 0.594. The number of rotatable bonds is 9. The lowest BCUT2D eigenvalue weighted by Gasteiger charge is -2.20. The first kappa shape index (κ1) is 28.7. The van der Waals surface area contributed by atoms with Crippen LogP contribution in [0.4, 0.5) is 0 Å². The van der Waals surface area contributed by atoms with Crippen molar-refractivity contribution in [2.24, 2.45) is 0 Å². The van der Waals surface area contributed by atoms with E-state index in [9.17, 15) is 15.0 Å². The zero-order valence-electron chi connectivity index (χ0n) is 23.9. The summed E-state index contributed by atoms with van der Waals surface area (Å²) in [4.78, 5) is 19.7. The Morgan fingerprint density at radius 3 is 2.36 bits per heavy atom. The molecule has 0 unspecified atom stereocenters. The zero-order chi connectivity index (χ0) is 29.6. The number of pyridine rings is 1. The van der Waals surface area contributed by atoms with Crippen molar-refractivity contribution in [1.82, 2.24) is 14.8 Å². The minimum absolute atomic E-state index is 0.190. The summed E-state index contributed by atoms with van der Waals surface area (Å²) in [5.74, 6) is 0.691. The molecule has 10 nitrogen and oxygen atoms in total.